The summed E-state index contributed by atoms with van der Waals surface area (Å²) in [4.78, 5) is 15.2. The van der Waals surface area contributed by atoms with Crippen LogP contribution in [-0.4, -0.2) is 15.0 Å². The predicted molar refractivity (Wildman–Crippen MR) is 225 cm³/mol. The van der Waals surface area contributed by atoms with Crippen LogP contribution in [0.4, 0.5) is 0 Å². The Kier molecular flexibility index (Phi) is 7.81. The summed E-state index contributed by atoms with van der Waals surface area (Å²) >= 11 is 0. The van der Waals surface area contributed by atoms with Crippen molar-refractivity contribution in [2.24, 2.45) is 0 Å². The van der Waals surface area contributed by atoms with Gasteiger partial charge in [0.15, 0.2) is 17.5 Å². The Morgan fingerprint density at radius 3 is 1.04 bits per heavy atom. The van der Waals surface area contributed by atoms with E-state index in [1.807, 2.05) is 12.1 Å². The van der Waals surface area contributed by atoms with Gasteiger partial charge in [-0.15, -0.1) is 0 Å². The maximum atomic E-state index is 5.08. The fourth-order valence-corrected chi connectivity index (χ4v) is 7.57. The summed E-state index contributed by atoms with van der Waals surface area (Å²) < 4.78 is 0. The van der Waals surface area contributed by atoms with Gasteiger partial charge in [-0.05, 0) is 77.8 Å². The molecule has 0 aliphatic heterocycles. The Labute approximate surface area is 313 Å². The predicted octanol–water partition coefficient (Wildman–Crippen LogP) is 13.3. The molecule has 0 atom stereocenters. The third kappa shape index (κ3) is 5.78. The summed E-state index contributed by atoms with van der Waals surface area (Å²) in [6.07, 6.45) is 0. The monoisotopic (exact) mass is 687 g/mol. The lowest BCUT2D eigenvalue weighted by molar-refractivity contribution is 1.07. The van der Waals surface area contributed by atoms with E-state index in [1.165, 1.54) is 43.4 Å². The molecule has 9 aromatic carbocycles. The van der Waals surface area contributed by atoms with E-state index in [-0.39, 0.29) is 0 Å². The van der Waals surface area contributed by atoms with Crippen molar-refractivity contribution in [2.45, 2.75) is 0 Å². The van der Waals surface area contributed by atoms with Gasteiger partial charge in [-0.3, -0.25) is 0 Å². The molecule has 0 amide bonds. The molecular formula is C51H33N3. The van der Waals surface area contributed by atoms with Gasteiger partial charge < -0.3 is 0 Å². The van der Waals surface area contributed by atoms with Gasteiger partial charge >= 0.3 is 0 Å². The first kappa shape index (κ1) is 31.5. The molecule has 0 fully saturated rings. The van der Waals surface area contributed by atoms with Crippen molar-refractivity contribution in [3.63, 3.8) is 0 Å². The summed E-state index contributed by atoms with van der Waals surface area (Å²) in [5.41, 5.74) is 9.70. The summed E-state index contributed by atoms with van der Waals surface area (Å²) in [7, 11) is 0. The molecule has 10 aromatic rings. The summed E-state index contributed by atoms with van der Waals surface area (Å²) in [6.45, 7) is 0. The van der Waals surface area contributed by atoms with Crippen molar-refractivity contribution < 1.29 is 0 Å². The first-order valence-electron chi connectivity index (χ1n) is 18.3. The van der Waals surface area contributed by atoms with E-state index >= 15 is 0 Å². The number of fused-ring (bicyclic) bond motifs is 6. The zero-order valence-corrected chi connectivity index (χ0v) is 29.4. The summed E-state index contributed by atoms with van der Waals surface area (Å²) in [6, 6.07) is 70.6. The van der Waals surface area contributed by atoms with Crippen LogP contribution in [0.15, 0.2) is 200 Å². The molecule has 0 saturated carbocycles. The van der Waals surface area contributed by atoms with E-state index < -0.39 is 0 Å². The molecule has 0 unspecified atom stereocenters. The smallest absolute Gasteiger partial charge is 0.164 e. The Bertz CT molecular complexity index is 2920. The highest BCUT2D eigenvalue weighted by Crippen LogP contribution is 2.37. The number of hydrogen-bond acceptors (Lipinski definition) is 3. The van der Waals surface area contributed by atoms with Crippen molar-refractivity contribution in [3.05, 3.63) is 200 Å². The standard InChI is InChI=1S/C51H33N3/c1-3-12-34(13-4-1)36-22-26-38(27-23-36)49-52-50(54-51(53-49)42-17-11-16-40(32-42)35-14-5-2-6-15-35)39-28-24-37(25-29-39)41-30-31-47-45-20-8-7-18-43(45)44-19-9-10-21-46(44)48(47)33-41/h1-33H. The van der Waals surface area contributed by atoms with Crippen molar-refractivity contribution >= 4 is 32.3 Å². The maximum absolute atomic E-state index is 5.08. The van der Waals surface area contributed by atoms with Gasteiger partial charge in [-0.25, -0.2) is 15.0 Å². The first-order chi connectivity index (χ1) is 26.7. The minimum atomic E-state index is 0.634. The van der Waals surface area contributed by atoms with E-state index in [4.69, 9.17) is 15.0 Å². The van der Waals surface area contributed by atoms with Crippen LogP contribution in [0.5, 0.6) is 0 Å². The second-order valence-electron chi connectivity index (χ2n) is 13.6. The molecule has 0 bridgehead atoms. The second-order valence-corrected chi connectivity index (χ2v) is 13.6. The van der Waals surface area contributed by atoms with Crippen LogP contribution < -0.4 is 0 Å². The van der Waals surface area contributed by atoms with Crippen LogP contribution in [0.25, 0.3) is 99.9 Å². The van der Waals surface area contributed by atoms with Gasteiger partial charge in [0, 0.05) is 16.7 Å². The molecule has 252 valence electrons. The van der Waals surface area contributed by atoms with Crippen LogP contribution in [0.1, 0.15) is 0 Å². The fourth-order valence-electron chi connectivity index (χ4n) is 7.57. The lowest BCUT2D eigenvalue weighted by Gasteiger charge is -2.12. The SMILES string of the molecule is c1ccc(-c2ccc(-c3nc(-c4ccc(-c5ccc6c7ccccc7c7ccccc7c6c5)cc4)nc(-c4cccc(-c5ccccc5)c4)n3)cc2)cc1. The minimum Gasteiger partial charge on any atom is -0.208 e. The highest BCUT2D eigenvalue weighted by molar-refractivity contribution is 6.25. The molecule has 0 saturated heterocycles. The van der Waals surface area contributed by atoms with E-state index in [2.05, 4.69) is 188 Å². The Morgan fingerprint density at radius 1 is 0.185 bits per heavy atom. The van der Waals surface area contributed by atoms with Crippen LogP contribution in [0, 0.1) is 0 Å². The first-order valence-corrected chi connectivity index (χ1v) is 18.3. The van der Waals surface area contributed by atoms with Crippen LogP contribution in [0.2, 0.25) is 0 Å². The number of benzene rings is 9. The third-order valence-corrected chi connectivity index (χ3v) is 10.3. The molecule has 1 aromatic heterocycles. The van der Waals surface area contributed by atoms with Crippen molar-refractivity contribution in [1.29, 1.82) is 0 Å². The molecular weight excluding hydrogens is 655 g/mol. The Morgan fingerprint density at radius 2 is 0.500 bits per heavy atom. The second kappa shape index (κ2) is 13.4. The lowest BCUT2D eigenvalue weighted by Crippen LogP contribution is -2.00. The lowest BCUT2D eigenvalue weighted by atomic mass is 9.92. The molecule has 3 heteroatoms. The van der Waals surface area contributed by atoms with Crippen LogP contribution in [-0.2, 0) is 0 Å². The zero-order chi connectivity index (χ0) is 35.8. The fraction of sp³-hybridized carbons (Fsp3) is 0. The van der Waals surface area contributed by atoms with Gasteiger partial charge in [0.2, 0.25) is 0 Å². The molecule has 0 spiro atoms. The molecule has 0 aliphatic rings. The topological polar surface area (TPSA) is 38.7 Å². The van der Waals surface area contributed by atoms with E-state index in [0.29, 0.717) is 17.5 Å². The maximum Gasteiger partial charge on any atom is 0.164 e. The molecule has 3 nitrogen and oxygen atoms in total. The highest BCUT2D eigenvalue weighted by Gasteiger charge is 2.15. The number of hydrogen-bond donors (Lipinski definition) is 0. The van der Waals surface area contributed by atoms with E-state index in [0.717, 1.165) is 38.9 Å². The van der Waals surface area contributed by atoms with Crippen LogP contribution in [0.3, 0.4) is 0 Å². The van der Waals surface area contributed by atoms with Crippen molar-refractivity contribution in [2.75, 3.05) is 0 Å². The van der Waals surface area contributed by atoms with Gasteiger partial charge in [-0.1, -0.05) is 188 Å². The van der Waals surface area contributed by atoms with Crippen molar-refractivity contribution in [1.82, 2.24) is 15.0 Å². The molecule has 54 heavy (non-hydrogen) atoms. The van der Waals surface area contributed by atoms with Gasteiger partial charge in [0.25, 0.3) is 0 Å². The minimum absolute atomic E-state index is 0.634. The van der Waals surface area contributed by atoms with Gasteiger partial charge in [0.1, 0.15) is 0 Å². The van der Waals surface area contributed by atoms with Crippen LogP contribution >= 0.6 is 0 Å². The van der Waals surface area contributed by atoms with Crippen molar-refractivity contribution in [3.8, 4) is 67.5 Å². The van der Waals surface area contributed by atoms with Gasteiger partial charge in [0.05, 0.1) is 0 Å². The molecule has 0 aliphatic carbocycles. The number of nitrogens with zero attached hydrogens (tertiary/aromatic N) is 3. The average molecular weight is 688 g/mol. The number of aromatic nitrogens is 3. The Balaban J connectivity index is 1.06. The number of rotatable bonds is 6. The summed E-state index contributed by atoms with van der Waals surface area (Å²) in [5.74, 6) is 1.91. The molecule has 1 heterocycles. The van der Waals surface area contributed by atoms with Gasteiger partial charge in [-0.2, -0.15) is 0 Å². The quantitative estimate of drug-likeness (QED) is 0.163. The normalized spacial score (nSPS) is 11.3. The van der Waals surface area contributed by atoms with E-state index in [1.54, 1.807) is 0 Å². The Hall–Kier alpha value is -7.23. The largest absolute Gasteiger partial charge is 0.208 e. The molecule has 0 N–H and O–H groups in total. The zero-order valence-electron chi connectivity index (χ0n) is 29.4. The molecule has 0 radical (unpaired) electrons. The molecule has 10 rings (SSSR count). The average Bonchev–Trinajstić information content (AvgIpc) is 3.27. The third-order valence-electron chi connectivity index (χ3n) is 10.3. The van der Waals surface area contributed by atoms with E-state index in [9.17, 15) is 0 Å². The summed E-state index contributed by atoms with van der Waals surface area (Å²) in [5, 5.41) is 7.63. The highest BCUT2D eigenvalue weighted by atomic mass is 15.0.